The average Bonchev–Trinajstić information content (AvgIpc) is 2.46. The van der Waals surface area contributed by atoms with Gasteiger partial charge >= 0.3 is 0 Å². The monoisotopic (exact) mass is 288 g/mol. The molecule has 3 N–H and O–H groups in total. The number of nitrogens with two attached hydrogens (primary N) is 1. The van der Waals surface area contributed by atoms with Gasteiger partial charge in [-0.2, -0.15) is 0 Å². The summed E-state index contributed by atoms with van der Waals surface area (Å²) in [6.45, 7) is 0.818. The van der Waals surface area contributed by atoms with E-state index in [-0.39, 0.29) is 11.5 Å². The highest BCUT2D eigenvalue weighted by Gasteiger charge is 2.40. The van der Waals surface area contributed by atoms with E-state index in [1.54, 1.807) is 0 Å². The Labute approximate surface area is 117 Å². The summed E-state index contributed by atoms with van der Waals surface area (Å²) in [5.41, 5.74) is 6.20. The van der Waals surface area contributed by atoms with Gasteiger partial charge in [-0.15, -0.1) is 0 Å². The first kappa shape index (κ1) is 15.3. The second kappa shape index (κ2) is 6.10. The Balaban J connectivity index is 1.88. The summed E-state index contributed by atoms with van der Waals surface area (Å²) in [5, 5.41) is 3.59. The summed E-state index contributed by atoms with van der Waals surface area (Å²) in [6, 6.07) is 0.609. The molecule has 2 aliphatic rings. The zero-order valence-electron chi connectivity index (χ0n) is 12.0. The van der Waals surface area contributed by atoms with E-state index in [4.69, 9.17) is 5.73 Å². The summed E-state index contributed by atoms with van der Waals surface area (Å²) in [4.78, 5) is 0. The van der Waals surface area contributed by atoms with Crippen molar-refractivity contribution < 1.29 is 8.42 Å². The fourth-order valence-corrected chi connectivity index (χ4v) is 5.05. The highest BCUT2D eigenvalue weighted by atomic mass is 32.2. The van der Waals surface area contributed by atoms with Gasteiger partial charge in [0.2, 0.25) is 0 Å². The van der Waals surface area contributed by atoms with Crippen molar-refractivity contribution in [2.24, 2.45) is 11.1 Å². The lowest BCUT2D eigenvalue weighted by Crippen LogP contribution is -2.52. The van der Waals surface area contributed by atoms with Crippen molar-refractivity contribution in [2.75, 3.05) is 18.6 Å². The van der Waals surface area contributed by atoms with Crippen molar-refractivity contribution >= 4 is 9.84 Å². The third kappa shape index (κ3) is 4.43. The van der Waals surface area contributed by atoms with Crippen molar-refractivity contribution in [3.05, 3.63) is 0 Å². The second-order valence-corrected chi connectivity index (χ2v) is 8.85. The minimum atomic E-state index is -2.89. The molecular weight excluding hydrogens is 260 g/mol. The van der Waals surface area contributed by atoms with E-state index in [2.05, 4.69) is 5.32 Å². The third-order valence-electron chi connectivity index (χ3n) is 4.79. The molecule has 2 rings (SSSR count). The Kier molecular flexibility index (Phi) is 4.90. The Bertz CT molecular complexity index is 390. The second-order valence-electron chi connectivity index (χ2n) is 6.71. The van der Waals surface area contributed by atoms with E-state index in [9.17, 15) is 8.42 Å². The van der Waals surface area contributed by atoms with Crippen molar-refractivity contribution in [3.63, 3.8) is 0 Å². The molecule has 0 aromatic heterocycles. The van der Waals surface area contributed by atoms with Crippen molar-refractivity contribution in [1.82, 2.24) is 5.32 Å². The minimum Gasteiger partial charge on any atom is -0.326 e. The molecule has 2 atom stereocenters. The summed E-state index contributed by atoms with van der Waals surface area (Å²) >= 11 is 0. The number of hydrogen-bond acceptors (Lipinski definition) is 4. The van der Waals surface area contributed by atoms with E-state index in [1.165, 1.54) is 25.5 Å². The van der Waals surface area contributed by atoms with E-state index < -0.39 is 9.84 Å². The number of sulfone groups is 1. The molecule has 2 unspecified atom stereocenters. The van der Waals surface area contributed by atoms with E-state index in [0.717, 1.165) is 38.6 Å². The van der Waals surface area contributed by atoms with Crippen LogP contribution in [0.3, 0.4) is 0 Å². The smallest absolute Gasteiger partial charge is 0.148 e. The Morgan fingerprint density at radius 3 is 2.42 bits per heavy atom. The summed E-state index contributed by atoms with van der Waals surface area (Å²) < 4.78 is 23.1. The van der Waals surface area contributed by atoms with Gasteiger partial charge in [0.15, 0.2) is 0 Å². The highest BCUT2D eigenvalue weighted by molar-refractivity contribution is 7.90. The molecule has 0 spiro atoms. The van der Waals surface area contributed by atoms with Crippen LogP contribution >= 0.6 is 0 Å². The predicted octanol–water partition coefficient (Wildman–Crippen LogP) is 1.45. The van der Waals surface area contributed by atoms with Gasteiger partial charge in [0.1, 0.15) is 9.84 Å². The molecule has 2 saturated carbocycles. The van der Waals surface area contributed by atoms with Crippen LogP contribution in [0, 0.1) is 5.41 Å². The highest BCUT2D eigenvalue weighted by Crippen LogP contribution is 2.41. The van der Waals surface area contributed by atoms with Crippen molar-refractivity contribution in [2.45, 2.75) is 63.5 Å². The SMILES string of the molecule is CS(=O)(=O)CC1(CNC2CCCCCC2N)CCC1. The molecule has 19 heavy (non-hydrogen) atoms. The van der Waals surface area contributed by atoms with Crippen LogP contribution in [0.2, 0.25) is 0 Å². The maximum Gasteiger partial charge on any atom is 0.148 e. The van der Waals surface area contributed by atoms with Crippen LogP contribution < -0.4 is 11.1 Å². The van der Waals surface area contributed by atoms with Crippen LogP contribution in [0.4, 0.5) is 0 Å². The van der Waals surface area contributed by atoms with Gasteiger partial charge in [0.05, 0.1) is 5.75 Å². The Hall–Kier alpha value is -0.130. The van der Waals surface area contributed by atoms with Crippen LogP contribution in [0.25, 0.3) is 0 Å². The first-order chi connectivity index (χ1) is 8.90. The molecule has 0 saturated heterocycles. The molecule has 0 aliphatic heterocycles. The standard InChI is InChI=1S/C14H28N2O2S/c1-19(17,18)11-14(8-5-9-14)10-16-13-7-4-2-3-6-12(13)15/h12-13,16H,2-11,15H2,1H3. The van der Waals surface area contributed by atoms with Crippen LogP contribution in [-0.4, -0.2) is 39.1 Å². The third-order valence-corrected chi connectivity index (χ3v) is 5.93. The fourth-order valence-electron chi connectivity index (χ4n) is 3.54. The van der Waals surface area contributed by atoms with E-state index in [0.29, 0.717) is 11.8 Å². The summed E-state index contributed by atoms with van der Waals surface area (Å²) in [6.07, 6.45) is 10.6. The fraction of sp³-hybridized carbons (Fsp3) is 1.00. The zero-order valence-corrected chi connectivity index (χ0v) is 12.8. The summed E-state index contributed by atoms with van der Waals surface area (Å²) in [5.74, 6) is 0.328. The molecule has 112 valence electrons. The first-order valence-corrected chi connectivity index (χ1v) is 9.63. The van der Waals surface area contributed by atoms with Gasteiger partial charge < -0.3 is 11.1 Å². The predicted molar refractivity (Wildman–Crippen MR) is 78.8 cm³/mol. The average molecular weight is 288 g/mol. The lowest BCUT2D eigenvalue weighted by atomic mass is 9.70. The molecule has 0 bridgehead atoms. The molecule has 2 aliphatic carbocycles. The van der Waals surface area contributed by atoms with Gasteiger partial charge in [-0.05, 0) is 31.1 Å². The maximum absolute atomic E-state index is 11.6. The van der Waals surface area contributed by atoms with Crippen LogP contribution in [0.15, 0.2) is 0 Å². The van der Waals surface area contributed by atoms with Gasteiger partial charge in [-0.1, -0.05) is 25.7 Å². The lowest BCUT2D eigenvalue weighted by Gasteiger charge is -2.43. The first-order valence-electron chi connectivity index (χ1n) is 7.57. The minimum absolute atomic E-state index is 0.0143. The van der Waals surface area contributed by atoms with Crippen LogP contribution in [0.5, 0.6) is 0 Å². The Morgan fingerprint density at radius 1 is 1.16 bits per heavy atom. The molecule has 0 amide bonds. The van der Waals surface area contributed by atoms with E-state index in [1.807, 2.05) is 0 Å². The number of rotatable bonds is 5. The van der Waals surface area contributed by atoms with Crippen molar-refractivity contribution in [1.29, 1.82) is 0 Å². The van der Waals surface area contributed by atoms with Crippen LogP contribution in [-0.2, 0) is 9.84 Å². The maximum atomic E-state index is 11.6. The molecule has 0 aromatic rings. The number of nitrogens with one attached hydrogen (secondary N) is 1. The van der Waals surface area contributed by atoms with Crippen molar-refractivity contribution in [3.8, 4) is 0 Å². The molecule has 2 fully saturated rings. The zero-order chi connectivity index (χ0) is 13.9. The van der Waals surface area contributed by atoms with Gasteiger partial charge in [0, 0.05) is 24.9 Å². The van der Waals surface area contributed by atoms with Gasteiger partial charge in [-0.25, -0.2) is 8.42 Å². The normalized spacial score (nSPS) is 31.5. The molecule has 0 aromatic carbocycles. The largest absolute Gasteiger partial charge is 0.326 e. The molecule has 4 nitrogen and oxygen atoms in total. The van der Waals surface area contributed by atoms with Gasteiger partial charge in [0.25, 0.3) is 0 Å². The lowest BCUT2D eigenvalue weighted by molar-refractivity contribution is 0.150. The molecule has 5 heteroatoms. The molecule has 0 radical (unpaired) electrons. The van der Waals surface area contributed by atoms with Crippen LogP contribution in [0.1, 0.15) is 51.4 Å². The summed E-state index contributed by atoms with van der Waals surface area (Å²) in [7, 11) is -2.89. The topological polar surface area (TPSA) is 72.2 Å². The molecule has 0 heterocycles. The molecular formula is C14H28N2O2S. The number of hydrogen-bond donors (Lipinski definition) is 2. The Morgan fingerprint density at radius 2 is 1.84 bits per heavy atom. The van der Waals surface area contributed by atoms with Gasteiger partial charge in [-0.3, -0.25) is 0 Å². The quantitative estimate of drug-likeness (QED) is 0.751. The van der Waals surface area contributed by atoms with E-state index >= 15 is 0 Å².